The smallest absolute Gasteiger partial charge is 0.238 e. The Kier molecular flexibility index (Phi) is 3.24. The third-order valence-electron chi connectivity index (χ3n) is 4.40. The number of benzene rings is 1. The first-order valence-electron chi connectivity index (χ1n) is 7.16. The molecule has 1 fully saturated rings. The SMILES string of the molecule is CC(=O)c1ccc(N2C(=O)[C@@H]3[C@H](C)C=CC[C@H]3C2=O)cc1. The van der Waals surface area contributed by atoms with Gasteiger partial charge in [0.15, 0.2) is 5.78 Å². The van der Waals surface area contributed by atoms with E-state index < -0.39 is 0 Å². The topological polar surface area (TPSA) is 54.5 Å². The van der Waals surface area contributed by atoms with Crippen molar-refractivity contribution in [1.29, 1.82) is 0 Å². The number of carbonyl (C=O) groups is 3. The van der Waals surface area contributed by atoms with Crippen LogP contribution < -0.4 is 4.90 Å². The van der Waals surface area contributed by atoms with Crippen LogP contribution in [0.1, 0.15) is 30.6 Å². The van der Waals surface area contributed by atoms with E-state index >= 15 is 0 Å². The Morgan fingerprint density at radius 1 is 1.14 bits per heavy atom. The number of allylic oxidation sites excluding steroid dienone is 2. The number of hydrogen-bond acceptors (Lipinski definition) is 3. The highest BCUT2D eigenvalue weighted by Crippen LogP contribution is 2.40. The summed E-state index contributed by atoms with van der Waals surface area (Å²) in [6, 6.07) is 6.65. The molecule has 0 bridgehead atoms. The molecule has 4 nitrogen and oxygen atoms in total. The van der Waals surface area contributed by atoms with Gasteiger partial charge < -0.3 is 0 Å². The van der Waals surface area contributed by atoms with Crippen LogP contribution in [0.2, 0.25) is 0 Å². The molecule has 1 aromatic rings. The molecule has 3 rings (SSSR count). The summed E-state index contributed by atoms with van der Waals surface area (Å²) in [6.07, 6.45) is 4.62. The molecule has 1 saturated heterocycles. The Hall–Kier alpha value is -2.23. The number of nitrogens with zero attached hydrogens (tertiary/aromatic N) is 1. The van der Waals surface area contributed by atoms with Crippen LogP contribution >= 0.6 is 0 Å². The number of hydrogen-bond donors (Lipinski definition) is 0. The Bertz CT molecular complexity index is 645. The molecule has 21 heavy (non-hydrogen) atoms. The second-order valence-electron chi connectivity index (χ2n) is 5.77. The molecule has 4 heteroatoms. The van der Waals surface area contributed by atoms with Crippen LogP contribution in [0.4, 0.5) is 5.69 Å². The third kappa shape index (κ3) is 2.11. The maximum atomic E-state index is 12.6. The predicted molar refractivity (Wildman–Crippen MR) is 78.8 cm³/mol. The van der Waals surface area contributed by atoms with Crippen LogP contribution in [0.3, 0.4) is 0 Å². The molecule has 2 aliphatic rings. The number of rotatable bonds is 2. The molecule has 1 aliphatic carbocycles. The van der Waals surface area contributed by atoms with Crippen LogP contribution in [0.5, 0.6) is 0 Å². The Labute approximate surface area is 123 Å². The van der Waals surface area contributed by atoms with Gasteiger partial charge in [-0.2, -0.15) is 0 Å². The van der Waals surface area contributed by atoms with E-state index in [-0.39, 0.29) is 35.4 Å². The summed E-state index contributed by atoms with van der Waals surface area (Å²) in [4.78, 5) is 37.7. The molecule has 0 spiro atoms. The molecule has 108 valence electrons. The quantitative estimate of drug-likeness (QED) is 0.476. The van der Waals surface area contributed by atoms with Gasteiger partial charge in [-0.25, -0.2) is 0 Å². The lowest BCUT2D eigenvalue weighted by atomic mass is 9.78. The molecule has 0 saturated carbocycles. The Morgan fingerprint density at radius 2 is 1.81 bits per heavy atom. The van der Waals surface area contributed by atoms with Crippen LogP contribution in [0.15, 0.2) is 36.4 Å². The van der Waals surface area contributed by atoms with E-state index in [4.69, 9.17) is 0 Å². The summed E-state index contributed by atoms with van der Waals surface area (Å²) in [6.45, 7) is 3.46. The van der Waals surface area contributed by atoms with Crippen molar-refractivity contribution in [1.82, 2.24) is 0 Å². The predicted octanol–water partition coefficient (Wildman–Crippen LogP) is 2.59. The Balaban J connectivity index is 1.94. The highest BCUT2D eigenvalue weighted by molar-refractivity contribution is 6.22. The van der Waals surface area contributed by atoms with E-state index in [1.807, 2.05) is 19.1 Å². The van der Waals surface area contributed by atoms with Gasteiger partial charge in [-0.05, 0) is 43.5 Å². The molecule has 1 aromatic carbocycles. The molecular weight excluding hydrogens is 266 g/mol. The number of anilines is 1. The van der Waals surface area contributed by atoms with Gasteiger partial charge in [0, 0.05) is 5.56 Å². The summed E-state index contributed by atoms with van der Waals surface area (Å²) in [5.74, 6) is -0.706. The van der Waals surface area contributed by atoms with E-state index in [0.717, 1.165) is 0 Å². The summed E-state index contributed by atoms with van der Waals surface area (Å²) >= 11 is 0. The van der Waals surface area contributed by atoms with E-state index in [0.29, 0.717) is 17.7 Å². The van der Waals surface area contributed by atoms with E-state index in [1.165, 1.54) is 11.8 Å². The van der Waals surface area contributed by atoms with Crippen molar-refractivity contribution in [3.63, 3.8) is 0 Å². The molecule has 0 aromatic heterocycles. The number of imide groups is 1. The third-order valence-corrected chi connectivity index (χ3v) is 4.40. The molecule has 0 radical (unpaired) electrons. The fourth-order valence-corrected chi connectivity index (χ4v) is 3.25. The Morgan fingerprint density at radius 3 is 2.38 bits per heavy atom. The van der Waals surface area contributed by atoms with Crippen molar-refractivity contribution in [3.8, 4) is 0 Å². The van der Waals surface area contributed by atoms with Crippen molar-refractivity contribution in [3.05, 3.63) is 42.0 Å². The highest BCUT2D eigenvalue weighted by atomic mass is 16.2. The average molecular weight is 283 g/mol. The minimum absolute atomic E-state index is 0.0351. The molecule has 0 N–H and O–H groups in total. The zero-order valence-corrected chi connectivity index (χ0v) is 12.1. The number of carbonyl (C=O) groups excluding carboxylic acids is 3. The summed E-state index contributed by atoms with van der Waals surface area (Å²) in [7, 11) is 0. The zero-order chi connectivity index (χ0) is 15.1. The molecule has 3 atom stereocenters. The minimum atomic E-state index is -0.255. The first kappa shape index (κ1) is 13.7. The van der Waals surface area contributed by atoms with Gasteiger partial charge in [0.05, 0.1) is 17.5 Å². The maximum absolute atomic E-state index is 12.6. The lowest BCUT2D eigenvalue weighted by Gasteiger charge is -2.22. The summed E-state index contributed by atoms with van der Waals surface area (Å²) < 4.78 is 0. The van der Waals surface area contributed by atoms with Crippen molar-refractivity contribution in [2.75, 3.05) is 4.90 Å². The monoisotopic (exact) mass is 283 g/mol. The van der Waals surface area contributed by atoms with Crippen LogP contribution in [-0.4, -0.2) is 17.6 Å². The highest BCUT2D eigenvalue weighted by Gasteiger charge is 2.50. The molecule has 2 amide bonds. The van der Waals surface area contributed by atoms with E-state index in [2.05, 4.69) is 0 Å². The number of ketones is 1. The van der Waals surface area contributed by atoms with Crippen molar-refractivity contribution in [2.24, 2.45) is 17.8 Å². The minimum Gasteiger partial charge on any atom is -0.295 e. The summed E-state index contributed by atoms with van der Waals surface area (Å²) in [5.41, 5.74) is 1.13. The zero-order valence-electron chi connectivity index (χ0n) is 12.1. The number of Topliss-reactive ketones (excluding diaryl/α,β-unsaturated/α-hetero) is 1. The second-order valence-corrected chi connectivity index (χ2v) is 5.77. The van der Waals surface area contributed by atoms with Crippen LogP contribution in [-0.2, 0) is 9.59 Å². The first-order chi connectivity index (χ1) is 10.0. The molecular formula is C17H17NO3. The number of amides is 2. The first-order valence-corrected chi connectivity index (χ1v) is 7.16. The van der Waals surface area contributed by atoms with Crippen molar-refractivity contribution >= 4 is 23.3 Å². The number of fused-ring (bicyclic) bond motifs is 1. The normalized spacial score (nSPS) is 27.9. The fraction of sp³-hybridized carbons (Fsp3) is 0.353. The molecule has 1 heterocycles. The van der Waals surface area contributed by atoms with Gasteiger partial charge in [-0.15, -0.1) is 0 Å². The summed E-state index contributed by atoms with van der Waals surface area (Å²) in [5, 5.41) is 0. The fourth-order valence-electron chi connectivity index (χ4n) is 3.25. The van der Waals surface area contributed by atoms with Gasteiger partial charge in [0.2, 0.25) is 11.8 Å². The largest absolute Gasteiger partial charge is 0.295 e. The van der Waals surface area contributed by atoms with E-state index in [1.54, 1.807) is 24.3 Å². The van der Waals surface area contributed by atoms with Crippen LogP contribution in [0.25, 0.3) is 0 Å². The van der Waals surface area contributed by atoms with Gasteiger partial charge in [-0.1, -0.05) is 19.1 Å². The van der Waals surface area contributed by atoms with Gasteiger partial charge in [0.25, 0.3) is 0 Å². The maximum Gasteiger partial charge on any atom is 0.238 e. The lowest BCUT2D eigenvalue weighted by Crippen LogP contribution is -2.31. The van der Waals surface area contributed by atoms with E-state index in [9.17, 15) is 14.4 Å². The van der Waals surface area contributed by atoms with Crippen LogP contribution in [0, 0.1) is 17.8 Å². The lowest BCUT2D eigenvalue weighted by molar-refractivity contribution is -0.122. The van der Waals surface area contributed by atoms with Gasteiger partial charge in [0.1, 0.15) is 0 Å². The molecule has 0 unspecified atom stereocenters. The molecule has 1 aliphatic heterocycles. The van der Waals surface area contributed by atoms with Crippen molar-refractivity contribution in [2.45, 2.75) is 20.3 Å². The van der Waals surface area contributed by atoms with Gasteiger partial charge >= 0.3 is 0 Å². The average Bonchev–Trinajstić information content (AvgIpc) is 2.72. The van der Waals surface area contributed by atoms with Gasteiger partial charge in [-0.3, -0.25) is 19.3 Å². The second kappa shape index (κ2) is 4.95. The van der Waals surface area contributed by atoms with Crippen molar-refractivity contribution < 1.29 is 14.4 Å². The standard InChI is InChI=1S/C17H17NO3/c1-10-4-3-5-14-15(10)17(21)18(16(14)20)13-8-6-12(7-9-13)11(2)19/h3-4,6-10,14-15H,5H2,1-2H3/t10-,14-,15-/m1/s1.